The minimum atomic E-state index is -0.959. The number of methoxy groups -OCH3 is 1. The summed E-state index contributed by atoms with van der Waals surface area (Å²) in [5.74, 6) is -0.741. The van der Waals surface area contributed by atoms with Crippen LogP contribution < -0.4 is 11.1 Å². The molecule has 17 heavy (non-hydrogen) atoms. The molecule has 100 valence electrons. The zero-order chi connectivity index (χ0) is 13.6. The van der Waals surface area contributed by atoms with E-state index >= 15 is 0 Å². The largest absolute Gasteiger partial charge is 0.467 e. The van der Waals surface area contributed by atoms with Crippen molar-refractivity contribution in [2.75, 3.05) is 7.11 Å². The van der Waals surface area contributed by atoms with Gasteiger partial charge in [0.1, 0.15) is 6.04 Å². The number of carbonyl (C=O) groups is 2. The lowest BCUT2D eigenvalue weighted by molar-refractivity contribution is -0.147. The van der Waals surface area contributed by atoms with Gasteiger partial charge in [-0.1, -0.05) is 27.2 Å². The van der Waals surface area contributed by atoms with Crippen LogP contribution in [0.1, 0.15) is 40.5 Å². The van der Waals surface area contributed by atoms with Crippen LogP contribution in [0.15, 0.2) is 0 Å². The third-order valence-corrected chi connectivity index (χ3v) is 3.21. The van der Waals surface area contributed by atoms with E-state index in [4.69, 9.17) is 5.73 Å². The van der Waals surface area contributed by atoms with E-state index < -0.39 is 17.6 Å². The van der Waals surface area contributed by atoms with Crippen molar-refractivity contribution in [1.82, 2.24) is 5.32 Å². The molecule has 0 rings (SSSR count). The van der Waals surface area contributed by atoms with Gasteiger partial charge >= 0.3 is 5.97 Å². The van der Waals surface area contributed by atoms with Crippen LogP contribution in [-0.2, 0) is 14.3 Å². The summed E-state index contributed by atoms with van der Waals surface area (Å²) in [6.45, 7) is 7.32. The Morgan fingerprint density at radius 3 is 2.29 bits per heavy atom. The molecule has 0 aromatic heterocycles. The van der Waals surface area contributed by atoms with Gasteiger partial charge in [-0.25, -0.2) is 4.79 Å². The molecule has 0 heterocycles. The zero-order valence-corrected chi connectivity index (χ0v) is 11.4. The van der Waals surface area contributed by atoms with Gasteiger partial charge < -0.3 is 15.8 Å². The third-order valence-electron chi connectivity index (χ3n) is 3.21. The first-order chi connectivity index (χ1) is 7.80. The van der Waals surface area contributed by atoms with E-state index in [-0.39, 0.29) is 11.8 Å². The summed E-state index contributed by atoms with van der Waals surface area (Å²) in [6, 6.07) is -0.632. The molecule has 0 aliphatic carbocycles. The van der Waals surface area contributed by atoms with Gasteiger partial charge in [-0.05, 0) is 19.3 Å². The number of hydrogen-bond donors (Lipinski definition) is 2. The minimum absolute atomic E-state index is 0.0130. The Morgan fingerprint density at radius 2 is 1.94 bits per heavy atom. The van der Waals surface area contributed by atoms with Crippen molar-refractivity contribution in [2.24, 2.45) is 11.7 Å². The van der Waals surface area contributed by atoms with Crippen molar-refractivity contribution in [1.29, 1.82) is 0 Å². The Hall–Kier alpha value is -1.10. The Bertz CT molecular complexity index is 277. The van der Waals surface area contributed by atoms with E-state index in [1.807, 2.05) is 20.8 Å². The van der Waals surface area contributed by atoms with Crippen molar-refractivity contribution in [3.63, 3.8) is 0 Å². The maximum absolute atomic E-state index is 11.9. The Balaban J connectivity index is 4.77. The lowest BCUT2D eigenvalue weighted by Gasteiger charge is -2.27. The fourth-order valence-corrected chi connectivity index (χ4v) is 1.26. The molecule has 0 saturated heterocycles. The van der Waals surface area contributed by atoms with Crippen LogP contribution in [0.2, 0.25) is 0 Å². The van der Waals surface area contributed by atoms with Crippen molar-refractivity contribution in [3.05, 3.63) is 0 Å². The highest BCUT2D eigenvalue weighted by atomic mass is 16.5. The van der Waals surface area contributed by atoms with Gasteiger partial charge in [0.05, 0.1) is 12.6 Å². The highest BCUT2D eigenvalue weighted by Crippen LogP contribution is 2.12. The molecule has 3 N–H and O–H groups in total. The minimum Gasteiger partial charge on any atom is -0.467 e. The summed E-state index contributed by atoms with van der Waals surface area (Å²) in [6.07, 6.45) is 1.28. The number of nitrogens with one attached hydrogen (secondary N) is 1. The summed E-state index contributed by atoms with van der Waals surface area (Å²) in [5.41, 5.74) is 4.87. The number of esters is 1. The first-order valence-electron chi connectivity index (χ1n) is 5.97. The Kier molecular flexibility index (Phi) is 6.16. The molecule has 0 aliphatic rings. The van der Waals surface area contributed by atoms with Gasteiger partial charge in [-0.2, -0.15) is 0 Å². The van der Waals surface area contributed by atoms with E-state index in [9.17, 15) is 9.59 Å². The second-order valence-corrected chi connectivity index (χ2v) is 4.63. The average molecular weight is 244 g/mol. The highest BCUT2D eigenvalue weighted by Gasteiger charge is 2.32. The fraction of sp³-hybridized carbons (Fsp3) is 0.833. The fourth-order valence-electron chi connectivity index (χ4n) is 1.26. The molecular weight excluding hydrogens is 220 g/mol. The van der Waals surface area contributed by atoms with Crippen molar-refractivity contribution >= 4 is 11.9 Å². The van der Waals surface area contributed by atoms with E-state index in [0.29, 0.717) is 6.42 Å². The maximum Gasteiger partial charge on any atom is 0.328 e. The predicted octanol–water partition coefficient (Wildman–Crippen LogP) is 0.818. The second-order valence-electron chi connectivity index (χ2n) is 4.63. The van der Waals surface area contributed by atoms with Gasteiger partial charge in [-0.3, -0.25) is 4.79 Å². The van der Waals surface area contributed by atoms with Crippen LogP contribution in [0, 0.1) is 5.92 Å². The zero-order valence-electron chi connectivity index (χ0n) is 11.4. The summed E-state index contributed by atoms with van der Waals surface area (Å²) in [4.78, 5) is 23.5. The van der Waals surface area contributed by atoms with Crippen LogP contribution in [0.4, 0.5) is 0 Å². The number of nitrogens with two attached hydrogens (primary N) is 1. The van der Waals surface area contributed by atoms with Crippen LogP contribution in [-0.4, -0.2) is 30.6 Å². The number of rotatable bonds is 6. The Morgan fingerprint density at radius 1 is 1.41 bits per heavy atom. The van der Waals surface area contributed by atoms with Crippen LogP contribution in [0.3, 0.4) is 0 Å². The van der Waals surface area contributed by atoms with Crippen LogP contribution in [0.5, 0.6) is 0 Å². The van der Waals surface area contributed by atoms with Gasteiger partial charge in [0.15, 0.2) is 0 Å². The standard InChI is InChI=1S/C12H24N2O3/c1-6-8(3)9(10(15)17-5)14-11(16)12(4,13)7-2/h8-9H,6-7,13H2,1-5H3,(H,14,16). The first kappa shape index (κ1) is 15.9. The van der Waals surface area contributed by atoms with Crippen molar-refractivity contribution in [2.45, 2.75) is 52.1 Å². The maximum atomic E-state index is 11.9. The monoisotopic (exact) mass is 244 g/mol. The molecule has 0 bridgehead atoms. The molecule has 0 radical (unpaired) electrons. The predicted molar refractivity (Wildman–Crippen MR) is 66.3 cm³/mol. The second kappa shape index (κ2) is 6.59. The highest BCUT2D eigenvalue weighted by molar-refractivity contribution is 5.90. The average Bonchev–Trinajstić information content (AvgIpc) is 2.33. The quantitative estimate of drug-likeness (QED) is 0.678. The SMILES string of the molecule is CCC(C)C(NC(=O)C(C)(N)CC)C(=O)OC. The summed E-state index contributed by atoms with van der Waals surface area (Å²) < 4.78 is 4.69. The molecular formula is C12H24N2O3. The van der Waals surface area contributed by atoms with E-state index in [2.05, 4.69) is 10.1 Å². The van der Waals surface area contributed by atoms with Crippen LogP contribution >= 0.6 is 0 Å². The van der Waals surface area contributed by atoms with E-state index in [1.165, 1.54) is 7.11 Å². The van der Waals surface area contributed by atoms with Crippen LogP contribution in [0.25, 0.3) is 0 Å². The molecule has 0 aliphatic heterocycles. The lowest BCUT2D eigenvalue weighted by atomic mass is 9.95. The molecule has 0 spiro atoms. The number of carbonyl (C=O) groups excluding carboxylic acids is 2. The van der Waals surface area contributed by atoms with Crippen molar-refractivity contribution < 1.29 is 14.3 Å². The number of ether oxygens (including phenoxy) is 1. The molecule has 0 aromatic rings. The molecule has 0 aromatic carbocycles. The van der Waals surface area contributed by atoms with Gasteiger partial charge in [0.25, 0.3) is 0 Å². The van der Waals surface area contributed by atoms with Crippen molar-refractivity contribution in [3.8, 4) is 0 Å². The third kappa shape index (κ3) is 4.34. The molecule has 3 atom stereocenters. The molecule has 1 amide bonds. The van der Waals surface area contributed by atoms with E-state index in [0.717, 1.165) is 6.42 Å². The first-order valence-corrected chi connectivity index (χ1v) is 5.97. The number of amides is 1. The molecule has 0 fully saturated rings. The molecule has 3 unspecified atom stereocenters. The summed E-state index contributed by atoms with van der Waals surface area (Å²) in [7, 11) is 1.31. The van der Waals surface area contributed by atoms with Gasteiger partial charge in [0.2, 0.25) is 5.91 Å². The molecule has 0 saturated carbocycles. The smallest absolute Gasteiger partial charge is 0.328 e. The summed E-state index contributed by atoms with van der Waals surface area (Å²) >= 11 is 0. The topological polar surface area (TPSA) is 81.4 Å². The van der Waals surface area contributed by atoms with E-state index in [1.54, 1.807) is 6.92 Å². The molecule has 5 nitrogen and oxygen atoms in total. The van der Waals surface area contributed by atoms with Gasteiger partial charge in [0, 0.05) is 0 Å². The number of hydrogen-bond acceptors (Lipinski definition) is 4. The summed E-state index contributed by atoms with van der Waals surface area (Å²) in [5, 5.41) is 2.67. The van der Waals surface area contributed by atoms with Gasteiger partial charge in [-0.15, -0.1) is 0 Å². The lowest BCUT2D eigenvalue weighted by Crippen LogP contribution is -2.57. The normalized spacial score (nSPS) is 17.8. The molecule has 5 heteroatoms. The Labute approximate surface area is 103 Å².